The van der Waals surface area contributed by atoms with Gasteiger partial charge in [0, 0.05) is 25.0 Å². The van der Waals surface area contributed by atoms with Crippen molar-refractivity contribution >= 4 is 22.9 Å². The van der Waals surface area contributed by atoms with Crippen molar-refractivity contribution in [3.63, 3.8) is 0 Å². The third-order valence-corrected chi connectivity index (χ3v) is 5.07. The molecule has 3 heterocycles. The van der Waals surface area contributed by atoms with Crippen LogP contribution in [-0.2, 0) is 4.79 Å². The number of hydrogen-bond acceptors (Lipinski definition) is 5. The molecule has 0 aromatic carbocycles. The van der Waals surface area contributed by atoms with Crippen LogP contribution >= 0.6 is 0 Å². The summed E-state index contributed by atoms with van der Waals surface area (Å²) in [4.78, 5) is 30.5. The smallest absolute Gasteiger partial charge is 0.223 e. The number of carbonyl (C=O) groups excluding carboxylic acids is 1. The molecule has 1 saturated heterocycles. The average Bonchev–Trinajstić information content (AvgIpc) is 3.25. The summed E-state index contributed by atoms with van der Waals surface area (Å²) in [7, 11) is 0. The number of rotatable bonds is 3. The van der Waals surface area contributed by atoms with Crippen molar-refractivity contribution in [2.45, 2.75) is 44.6 Å². The zero-order valence-corrected chi connectivity index (χ0v) is 13.2. The Balaban J connectivity index is 1.39. The van der Waals surface area contributed by atoms with Crippen LogP contribution in [0, 0.1) is 5.92 Å². The minimum atomic E-state index is 0.131. The second kappa shape index (κ2) is 6.14. The van der Waals surface area contributed by atoms with Gasteiger partial charge in [0.15, 0.2) is 11.5 Å². The third kappa shape index (κ3) is 2.87. The van der Waals surface area contributed by atoms with E-state index in [1.165, 1.54) is 12.8 Å². The lowest BCUT2D eigenvalue weighted by atomic mass is 9.95. The van der Waals surface area contributed by atoms with Crippen molar-refractivity contribution in [2.75, 3.05) is 18.0 Å². The van der Waals surface area contributed by atoms with Crippen molar-refractivity contribution in [2.24, 2.45) is 5.92 Å². The summed E-state index contributed by atoms with van der Waals surface area (Å²) in [5.74, 6) is 1.26. The molecule has 0 spiro atoms. The molecule has 2 fully saturated rings. The van der Waals surface area contributed by atoms with Crippen LogP contribution in [-0.4, -0.2) is 45.0 Å². The molecule has 7 heteroatoms. The van der Waals surface area contributed by atoms with Crippen LogP contribution in [0.4, 0.5) is 5.82 Å². The summed E-state index contributed by atoms with van der Waals surface area (Å²) in [6.07, 6.45) is 9.72. The molecule has 0 radical (unpaired) electrons. The lowest BCUT2D eigenvalue weighted by Crippen LogP contribution is -2.43. The van der Waals surface area contributed by atoms with Gasteiger partial charge in [0.05, 0.1) is 6.33 Å². The second-order valence-corrected chi connectivity index (χ2v) is 6.55. The van der Waals surface area contributed by atoms with Gasteiger partial charge in [-0.1, -0.05) is 12.8 Å². The predicted octanol–water partition coefficient (Wildman–Crippen LogP) is 1.63. The number of amides is 1. The van der Waals surface area contributed by atoms with E-state index in [4.69, 9.17) is 0 Å². The fourth-order valence-electron chi connectivity index (χ4n) is 3.73. The molecule has 2 N–H and O–H groups in total. The van der Waals surface area contributed by atoms with E-state index in [2.05, 4.69) is 30.2 Å². The van der Waals surface area contributed by atoms with Gasteiger partial charge in [0.2, 0.25) is 5.91 Å². The van der Waals surface area contributed by atoms with Crippen molar-refractivity contribution in [1.29, 1.82) is 0 Å². The number of hydrogen-bond donors (Lipinski definition) is 2. The molecule has 2 aliphatic rings. The number of aromatic amines is 1. The van der Waals surface area contributed by atoms with Crippen LogP contribution in [0.3, 0.4) is 0 Å². The Kier molecular flexibility index (Phi) is 3.85. The van der Waals surface area contributed by atoms with Crippen molar-refractivity contribution in [1.82, 2.24) is 25.3 Å². The first-order valence-electron chi connectivity index (χ1n) is 8.50. The molecule has 122 valence electrons. The molecule has 0 atom stereocenters. The molecule has 4 rings (SSSR count). The molecule has 7 nitrogen and oxygen atoms in total. The normalized spacial score (nSPS) is 20.3. The summed E-state index contributed by atoms with van der Waals surface area (Å²) < 4.78 is 0. The van der Waals surface area contributed by atoms with E-state index < -0.39 is 0 Å². The zero-order valence-electron chi connectivity index (χ0n) is 13.2. The Morgan fingerprint density at radius 3 is 2.70 bits per heavy atom. The highest BCUT2D eigenvalue weighted by atomic mass is 16.1. The minimum absolute atomic E-state index is 0.131. The van der Waals surface area contributed by atoms with E-state index in [1.54, 1.807) is 12.7 Å². The monoisotopic (exact) mass is 314 g/mol. The van der Waals surface area contributed by atoms with Gasteiger partial charge in [-0.2, -0.15) is 0 Å². The van der Waals surface area contributed by atoms with E-state index in [-0.39, 0.29) is 11.8 Å². The number of aromatic nitrogens is 4. The summed E-state index contributed by atoms with van der Waals surface area (Å²) in [6.45, 7) is 1.68. The number of carbonyl (C=O) groups is 1. The van der Waals surface area contributed by atoms with Crippen molar-refractivity contribution in [3.05, 3.63) is 12.7 Å². The Morgan fingerprint density at radius 1 is 1.13 bits per heavy atom. The number of piperidine rings is 1. The Hall–Kier alpha value is -2.18. The zero-order chi connectivity index (χ0) is 15.6. The highest BCUT2D eigenvalue weighted by Gasteiger charge is 2.28. The van der Waals surface area contributed by atoms with Crippen LogP contribution in [0.25, 0.3) is 11.2 Å². The van der Waals surface area contributed by atoms with E-state index in [0.717, 1.165) is 50.1 Å². The SMILES string of the molecule is O=C(NC1CCCC1)C1CCN(c2ncnc3nc[nH]c23)CC1. The van der Waals surface area contributed by atoms with E-state index in [1.807, 2.05) is 0 Å². The topological polar surface area (TPSA) is 86.8 Å². The van der Waals surface area contributed by atoms with Crippen LogP contribution in [0.1, 0.15) is 38.5 Å². The number of anilines is 1. The first-order valence-corrected chi connectivity index (χ1v) is 8.50. The van der Waals surface area contributed by atoms with Crippen LogP contribution < -0.4 is 10.2 Å². The molecule has 1 aliphatic heterocycles. The number of H-pyrrole nitrogens is 1. The largest absolute Gasteiger partial charge is 0.355 e. The maximum Gasteiger partial charge on any atom is 0.223 e. The highest BCUT2D eigenvalue weighted by Crippen LogP contribution is 2.26. The first kappa shape index (κ1) is 14.4. The highest BCUT2D eigenvalue weighted by molar-refractivity contribution is 5.83. The van der Waals surface area contributed by atoms with Crippen LogP contribution in [0.15, 0.2) is 12.7 Å². The minimum Gasteiger partial charge on any atom is -0.355 e. The Bertz CT molecular complexity index is 685. The summed E-state index contributed by atoms with van der Waals surface area (Å²) in [6, 6.07) is 0.409. The quantitative estimate of drug-likeness (QED) is 0.899. The van der Waals surface area contributed by atoms with Gasteiger partial charge in [-0.05, 0) is 25.7 Å². The van der Waals surface area contributed by atoms with Gasteiger partial charge in [0.1, 0.15) is 11.8 Å². The van der Waals surface area contributed by atoms with Crippen molar-refractivity contribution in [3.8, 4) is 0 Å². The van der Waals surface area contributed by atoms with Crippen LogP contribution in [0.5, 0.6) is 0 Å². The fourth-order valence-corrected chi connectivity index (χ4v) is 3.73. The van der Waals surface area contributed by atoms with Crippen LogP contribution in [0.2, 0.25) is 0 Å². The molecular weight excluding hydrogens is 292 g/mol. The lowest BCUT2D eigenvalue weighted by Gasteiger charge is -2.32. The van der Waals surface area contributed by atoms with E-state index in [0.29, 0.717) is 11.7 Å². The number of nitrogens with one attached hydrogen (secondary N) is 2. The molecule has 2 aromatic heterocycles. The van der Waals surface area contributed by atoms with Gasteiger partial charge in [-0.15, -0.1) is 0 Å². The first-order chi connectivity index (χ1) is 11.3. The number of nitrogens with zero attached hydrogens (tertiary/aromatic N) is 4. The van der Waals surface area contributed by atoms with Gasteiger partial charge in [-0.25, -0.2) is 15.0 Å². The van der Waals surface area contributed by atoms with E-state index >= 15 is 0 Å². The Labute approximate surface area is 134 Å². The summed E-state index contributed by atoms with van der Waals surface area (Å²) in [5, 5.41) is 3.23. The maximum absolute atomic E-state index is 12.4. The molecule has 1 amide bonds. The molecule has 1 aliphatic carbocycles. The average molecular weight is 314 g/mol. The third-order valence-electron chi connectivity index (χ3n) is 5.07. The molecule has 23 heavy (non-hydrogen) atoms. The number of imidazole rings is 1. The molecule has 2 aromatic rings. The van der Waals surface area contributed by atoms with Gasteiger partial charge >= 0.3 is 0 Å². The molecular formula is C16H22N6O. The maximum atomic E-state index is 12.4. The van der Waals surface area contributed by atoms with Crippen molar-refractivity contribution < 1.29 is 4.79 Å². The standard InChI is InChI=1S/C16H22N6O/c23-16(21-12-3-1-2-4-12)11-5-7-22(8-6-11)15-13-14(18-9-17-13)19-10-20-15/h9-12H,1-8H2,(H,21,23)(H,17,18,19,20). The predicted molar refractivity (Wildman–Crippen MR) is 87.0 cm³/mol. The molecule has 1 saturated carbocycles. The Morgan fingerprint density at radius 2 is 1.91 bits per heavy atom. The molecule has 0 unspecified atom stereocenters. The summed E-state index contributed by atoms with van der Waals surface area (Å²) in [5.41, 5.74) is 1.57. The second-order valence-electron chi connectivity index (χ2n) is 6.55. The van der Waals surface area contributed by atoms with E-state index in [9.17, 15) is 4.79 Å². The molecule has 0 bridgehead atoms. The summed E-state index contributed by atoms with van der Waals surface area (Å²) >= 11 is 0. The van der Waals surface area contributed by atoms with Gasteiger partial charge in [0.25, 0.3) is 0 Å². The van der Waals surface area contributed by atoms with Gasteiger partial charge in [-0.3, -0.25) is 4.79 Å². The van der Waals surface area contributed by atoms with Gasteiger partial charge < -0.3 is 15.2 Å². The number of fused-ring (bicyclic) bond motifs is 1. The fraction of sp³-hybridized carbons (Fsp3) is 0.625. The lowest BCUT2D eigenvalue weighted by molar-refractivity contribution is -0.126.